The van der Waals surface area contributed by atoms with E-state index in [0.29, 0.717) is 0 Å². The molecule has 0 amide bonds. The van der Waals surface area contributed by atoms with E-state index in [2.05, 4.69) is 4.90 Å². The Morgan fingerprint density at radius 3 is 2.58 bits per heavy atom. The van der Waals surface area contributed by atoms with Gasteiger partial charge in [-0.3, -0.25) is 14.5 Å². The summed E-state index contributed by atoms with van der Waals surface area (Å²) in [6, 6.07) is 0.188. The molecule has 5 rings (SSSR count). The fourth-order valence-electron chi connectivity index (χ4n) is 5.87. The molecule has 0 unspecified atom stereocenters. The zero-order chi connectivity index (χ0) is 16.7. The molecule has 0 aromatic rings. The van der Waals surface area contributed by atoms with E-state index in [-0.39, 0.29) is 42.0 Å². The van der Waals surface area contributed by atoms with E-state index in [0.717, 1.165) is 45.1 Å². The summed E-state index contributed by atoms with van der Waals surface area (Å²) >= 11 is 0. The van der Waals surface area contributed by atoms with Gasteiger partial charge in [0.25, 0.3) is 0 Å². The molecule has 5 saturated heterocycles. The number of carbonyl (C=O) groups is 2. The highest BCUT2D eigenvalue weighted by Gasteiger charge is 2.72. The molecule has 24 heavy (non-hydrogen) atoms. The maximum atomic E-state index is 12.2. The molecule has 2 spiro atoms. The molecule has 0 aliphatic carbocycles. The first kappa shape index (κ1) is 15.1. The summed E-state index contributed by atoms with van der Waals surface area (Å²) in [6.07, 6.45) is 5.29. The lowest BCUT2D eigenvalue weighted by Crippen LogP contribution is -2.62. The predicted octanol–water partition coefficient (Wildman–Crippen LogP) is 1.61. The summed E-state index contributed by atoms with van der Waals surface area (Å²) in [6.45, 7) is 4.75. The van der Waals surface area contributed by atoms with Crippen LogP contribution in [-0.4, -0.2) is 53.0 Å². The number of fused-ring (bicyclic) bond motifs is 1. The molecule has 0 aromatic carbocycles. The first-order chi connectivity index (χ1) is 11.4. The Morgan fingerprint density at radius 2 is 1.92 bits per heavy atom. The van der Waals surface area contributed by atoms with E-state index in [4.69, 9.17) is 14.2 Å². The van der Waals surface area contributed by atoms with Crippen molar-refractivity contribution in [1.29, 1.82) is 0 Å². The molecule has 0 N–H and O–H groups in total. The number of esters is 2. The van der Waals surface area contributed by atoms with Gasteiger partial charge in [-0.25, -0.2) is 0 Å². The Labute approximate surface area is 141 Å². The smallest absolute Gasteiger partial charge is 0.309 e. The van der Waals surface area contributed by atoms with Gasteiger partial charge in [0, 0.05) is 19.0 Å². The molecule has 0 radical (unpaired) electrons. The van der Waals surface area contributed by atoms with E-state index in [1.165, 1.54) is 0 Å². The number of cyclic esters (lactones) is 1. The maximum Gasteiger partial charge on any atom is 0.309 e. The van der Waals surface area contributed by atoms with Crippen LogP contribution in [0.25, 0.3) is 0 Å². The highest BCUT2D eigenvalue weighted by Crippen LogP contribution is 2.59. The Morgan fingerprint density at radius 1 is 1.08 bits per heavy atom. The van der Waals surface area contributed by atoms with Crippen LogP contribution in [0.1, 0.15) is 52.4 Å². The van der Waals surface area contributed by atoms with Crippen molar-refractivity contribution in [3.05, 3.63) is 0 Å². The minimum absolute atomic E-state index is 0.0206. The van der Waals surface area contributed by atoms with Crippen LogP contribution in [0, 0.1) is 11.8 Å². The standard InChI is InChI=1S/C18H25NO5/c1-10-7-14(22-15(10)20)13-4-6-18-17(8-11(2)16(21)24-17)5-3-12(23-18)9-19(13)18/h10-14H,3-9H2,1-2H3/t10-,11+,12+,13-,14-,17-,18-/m0/s1. The van der Waals surface area contributed by atoms with Gasteiger partial charge in [-0.2, -0.15) is 0 Å². The zero-order valence-corrected chi connectivity index (χ0v) is 14.3. The van der Waals surface area contributed by atoms with Crippen LogP contribution in [0.4, 0.5) is 0 Å². The Balaban J connectivity index is 1.48. The number of rotatable bonds is 1. The van der Waals surface area contributed by atoms with Crippen LogP contribution in [0.3, 0.4) is 0 Å². The summed E-state index contributed by atoms with van der Waals surface area (Å²) in [7, 11) is 0. The van der Waals surface area contributed by atoms with Gasteiger partial charge in [-0.1, -0.05) is 13.8 Å². The quantitative estimate of drug-likeness (QED) is 0.679. The largest absolute Gasteiger partial charge is 0.460 e. The van der Waals surface area contributed by atoms with E-state index >= 15 is 0 Å². The normalized spacial score (nSPS) is 53.5. The minimum Gasteiger partial charge on any atom is -0.460 e. The van der Waals surface area contributed by atoms with E-state index in [1.54, 1.807) is 0 Å². The summed E-state index contributed by atoms with van der Waals surface area (Å²) in [5.41, 5.74) is -1.02. The molecule has 6 heteroatoms. The predicted molar refractivity (Wildman–Crippen MR) is 82.8 cm³/mol. The van der Waals surface area contributed by atoms with E-state index < -0.39 is 11.3 Å². The Bertz CT molecular complexity index is 608. The molecule has 5 aliphatic heterocycles. The molecular weight excluding hydrogens is 310 g/mol. The van der Waals surface area contributed by atoms with Crippen molar-refractivity contribution < 1.29 is 23.8 Å². The van der Waals surface area contributed by atoms with Crippen molar-refractivity contribution in [3.8, 4) is 0 Å². The van der Waals surface area contributed by atoms with Crippen LogP contribution >= 0.6 is 0 Å². The fourth-order valence-corrected chi connectivity index (χ4v) is 5.87. The molecular formula is C18H25NO5. The van der Waals surface area contributed by atoms with Gasteiger partial charge in [0.15, 0.2) is 11.3 Å². The summed E-state index contributed by atoms with van der Waals surface area (Å²) in [5.74, 6) is -0.264. The van der Waals surface area contributed by atoms with Crippen LogP contribution in [-0.2, 0) is 23.8 Å². The third kappa shape index (κ3) is 1.74. The van der Waals surface area contributed by atoms with Crippen LogP contribution in [0.5, 0.6) is 0 Å². The van der Waals surface area contributed by atoms with Gasteiger partial charge >= 0.3 is 11.9 Å². The van der Waals surface area contributed by atoms with E-state index in [1.807, 2.05) is 13.8 Å². The number of nitrogens with zero attached hydrogens (tertiary/aromatic N) is 1. The highest BCUT2D eigenvalue weighted by atomic mass is 16.6. The first-order valence-corrected chi connectivity index (χ1v) is 9.32. The lowest BCUT2D eigenvalue weighted by molar-refractivity contribution is -0.246. The van der Waals surface area contributed by atoms with Crippen LogP contribution in [0.2, 0.25) is 0 Å². The molecule has 5 heterocycles. The number of carbonyl (C=O) groups excluding carboxylic acids is 2. The van der Waals surface area contributed by atoms with Crippen molar-refractivity contribution in [3.63, 3.8) is 0 Å². The SMILES string of the molecule is C[C@@H]1C[C@]2(CC[C@@H]3CN4[C@H]([C@@H]5C[C@H](C)C(=O)O5)CC[C@@]42O3)OC1=O. The minimum atomic E-state index is -0.514. The topological polar surface area (TPSA) is 65.1 Å². The Hall–Kier alpha value is -1.14. The maximum absolute atomic E-state index is 12.2. The monoisotopic (exact) mass is 335 g/mol. The van der Waals surface area contributed by atoms with Gasteiger partial charge in [-0.05, 0) is 32.1 Å². The summed E-state index contributed by atoms with van der Waals surface area (Å²) in [5, 5.41) is 0. The lowest BCUT2D eigenvalue weighted by Gasteiger charge is -2.48. The summed E-state index contributed by atoms with van der Waals surface area (Å²) < 4.78 is 18.1. The molecule has 0 aromatic heterocycles. The van der Waals surface area contributed by atoms with Gasteiger partial charge in [0.05, 0.1) is 17.9 Å². The molecule has 132 valence electrons. The molecule has 2 bridgehead atoms. The number of hydrogen-bond acceptors (Lipinski definition) is 6. The van der Waals surface area contributed by atoms with Gasteiger partial charge < -0.3 is 14.2 Å². The second-order valence-corrected chi connectivity index (χ2v) is 8.45. The number of ether oxygens (including phenoxy) is 3. The molecule has 0 saturated carbocycles. The third-order valence-electron chi connectivity index (χ3n) is 7.01. The molecule has 5 aliphatic rings. The second kappa shape index (κ2) is 4.73. The average Bonchev–Trinajstić information content (AvgIpc) is 3.20. The van der Waals surface area contributed by atoms with E-state index in [9.17, 15) is 9.59 Å². The van der Waals surface area contributed by atoms with Crippen LogP contribution < -0.4 is 0 Å². The second-order valence-electron chi connectivity index (χ2n) is 8.45. The molecule has 5 fully saturated rings. The summed E-state index contributed by atoms with van der Waals surface area (Å²) in [4.78, 5) is 26.4. The number of hydrogen-bond donors (Lipinski definition) is 0. The van der Waals surface area contributed by atoms with Crippen LogP contribution in [0.15, 0.2) is 0 Å². The third-order valence-corrected chi connectivity index (χ3v) is 7.01. The fraction of sp³-hybridized carbons (Fsp3) is 0.889. The van der Waals surface area contributed by atoms with Crippen molar-refractivity contribution in [2.75, 3.05) is 6.54 Å². The zero-order valence-electron chi connectivity index (χ0n) is 14.3. The average molecular weight is 335 g/mol. The Kier molecular flexibility index (Phi) is 2.98. The molecule has 6 nitrogen and oxygen atoms in total. The highest BCUT2D eigenvalue weighted by molar-refractivity contribution is 5.75. The molecule has 7 atom stereocenters. The van der Waals surface area contributed by atoms with Crippen molar-refractivity contribution >= 4 is 11.9 Å². The van der Waals surface area contributed by atoms with Crippen molar-refractivity contribution in [2.45, 2.75) is 81.9 Å². The van der Waals surface area contributed by atoms with Crippen molar-refractivity contribution in [2.24, 2.45) is 11.8 Å². The first-order valence-electron chi connectivity index (χ1n) is 9.32. The van der Waals surface area contributed by atoms with Gasteiger partial charge in [0.1, 0.15) is 6.10 Å². The van der Waals surface area contributed by atoms with Gasteiger partial charge in [0.2, 0.25) is 0 Å². The van der Waals surface area contributed by atoms with Gasteiger partial charge in [-0.15, -0.1) is 0 Å². The van der Waals surface area contributed by atoms with Crippen molar-refractivity contribution in [1.82, 2.24) is 4.90 Å². The lowest BCUT2D eigenvalue weighted by atomic mass is 9.78.